The van der Waals surface area contributed by atoms with E-state index in [9.17, 15) is 23.9 Å². The van der Waals surface area contributed by atoms with Crippen molar-refractivity contribution >= 4 is 42.2 Å². The average molecular weight is 584 g/mol. The van der Waals surface area contributed by atoms with Crippen LogP contribution in [-0.2, 0) is 22.9 Å². The molecular formula is C27H26FN4O8P. The van der Waals surface area contributed by atoms with E-state index in [1.54, 1.807) is 56.3 Å². The van der Waals surface area contributed by atoms with Crippen molar-refractivity contribution < 1.29 is 37.1 Å². The van der Waals surface area contributed by atoms with Crippen molar-refractivity contribution in [2.75, 3.05) is 25.3 Å². The van der Waals surface area contributed by atoms with Crippen LogP contribution in [0.1, 0.15) is 19.4 Å². The van der Waals surface area contributed by atoms with Crippen LogP contribution in [0.25, 0.3) is 28.5 Å². The van der Waals surface area contributed by atoms with Crippen molar-refractivity contribution in [2.24, 2.45) is 0 Å². The standard InChI is InChI=1S/C27H26FN4O8P/c1-3-38-41(36,39-4-2)40-18-37-31-25-17-23(32(34)35)14-15-24(25)30-27(31)20-8-12-22(13-9-20)29-26(33)16-7-19-5-10-21(28)11-6-19/h5-17H,3-4,18H2,1-2H3,(H,29,33)/b16-7+. The van der Waals surface area contributed by atoms with Gasteiger partial charge >= 0.3 is 7.82 Å². The number of fused-ring (bicyclic) bond motifs is 1. The van der Waals surface area contributed by atoms with Crippen molar-refractivity contribution in [3.05, 3.63) is 94.3 Å². The number of rotatable bonds is 13. The second-order valence-electron chi connectivity index (χ2n) is 8.27. The van der Waals surface area contributed by atoms with Gasteiger partial charge in [0.1, 0.15) is 11.3 Å². The number of non-ortho nitro benzene ring substituents is 1. The van der Waals surface area contributed by atoms with Crippen LogP contribution in [0.4, 0.5) is 15.8 Å². The first-order valence-electron chi connectivity index (χ1n) is 12.4. The highest BCUT2D eigenvalue weighted by Gasteiger charge is 2.26. The number of nitrogens with zero attached hydrogens (tertiary/aromatic N) is 3. The number of phosphoric ester groups is 1. The van der Waals surface area contributed by atoms with Gasteiger partial charge in [0.05, 0.1) is 23.7 Å². The number of anilines is 1. The first kappa shape index (κ1) is 29.6. The van der Waals surface area contributed by atoms with Gasteiger partial charge < -0.3 is 10.2 Å². The number of carbonyl (C=O) groups is 1. The molecule has 1 aromatic heterocycles. The molecule has 41 heavy (non-hydrogen) atoms. The number of nitro benzene ring substituents is 1. The first-order chi connectivity index (χ1) is 19.7. The molecule has 1 amide bonds. The Hall–Kier alpha value is -4.42. The molecule has 4 aromatic rings. The Morgan fingerprint density at radius 3 is 2.37 bits per heavy atom. The van der Waals surface area contributed by atoms with Gasteiger partial charge in [-0.1, -0.05) is 12.1 Å². The summed E-state index contributed by atoms with van der Waals surface area (Å²) in [5.74, 6) is -0.497. The molecule has 12 nitrogen and oxygen atoms in total. The number of hydrogen-bond acceptors (Lipinski definition) is 9. The van der Waals surface area contributed by atoms with E-state index >= 15 is 0 Å². The Kier molecular flexibility index (Phi) is 9.58. The van der Waals surface area contributed by atoms with E-state index < -0.39 is 25.4 Å². The second-order valence-corrected chi connectivity index (χ2v) is 9.94. The van der Waals surface area contributed by atoms with E-state index in [2.05, 4.69) is 10.3 Å². The highest BCUT2D eigenvalue weighted by Crippen LogP contribution is 2.49. The zero-order valence-electron chi connectivity index (χ0n) is 22.1. The van der Waals surface area contributed by atoms with Crippen molar-refractivity contribution in [3.8, 4) is 11.4 Å². The number of amides is 1. The lowest BCUT2D eigenvalue weighted by atomic mass is 10.2. The van der Waals surface area contributed by atoms with E-state index in [0.29, 0.717) is 22.3 Å². The molecule has 0 aliphatic rings. The molecule has 0 radical (unpaired) electrons. The number of phosphoric acid groups is 1. The van der Waals surface area contributed by atoms with Crippen LogP contribution in [0.15, 0.2) is 72.8 Å². The largest absolute Gasteiger partial charge is 0.477 e. The number of nitro groups is 1. The molecule has 0 fully saturated rings. The monoisotopic (exact) mass is 584 g/mol. The number of benzene rings is 3. The molecule has 0 spiro atoms. The maximum absolute atomic E-state index is 13.1. The van der Waals surface area contributed by atoms with Gasteiger partial charge in [-0.05, 0) is 68.0 Å². The molecule has 214 valence electrons. The number of imidazole rings is 1. The van der Waals surface area contributed by atoms with Crippen LogP contribution in [0, 0.1) is 15.9 Å². The molecule has 1 N–H and O–H groups in total. The predicted octanol–water partition coefficient (Wildman–Crippen LogP) is 5.99. The minimum absolute atomic E-state index is 0.0770. The fourth-order valence-corrected chi connectivity index (χ4v) is 4.70. The van der Waals surface area contributed by atoms with Crippen LogP contribution < -0.4 is 10.2 Å². The van der Waals surface area contributed by atoms with Crippen molar-refractivity contribution in [1.29, 1.82) is 0 Å². The van der Waals surface area contributed by atoms with Crippen LogP contribution in [0.2, 0.25) is 0 Å². The summed E-state index contributed by atoms with van der Waals surface area (Å²) in [4.78, 5) is 33.4. The Balaban J connectivity index is 1.56. The first-order valence-corrected chi connectivity index (χ1v) is 13.9. The number of carbonyl (C=O) groups excluding carboxylic acids is 1. The number of hydrogen-bond donors (Lipinski definition) is 1. The highest BCUT2D eigenvalue weighted by atomic mass is 31.2. The molecule has 14 heteroatoms. The summed E-state index contributed by atoms with van der Waals surface area (Å²) in [7, 11) is -3.89. The molecular weight excluding hydrogens is 558 g/mol. The van der Waals surface area contributed by atoms with Crippen molar-refractivity contribution in [2.45, 2.75) is 13.8 Å². The molecule has 1 heterocycles. The summed E-state index contributed by atoms with van der Waals surface area (Å²) >= 11 is 0. The van der Waals surface area contributed by atoms with Crippen LogP contribution in [0.5, 0.6) is 0 Å². The van der Waals surface area contributed by atoms with Gasteiger partial charge in [-0.3, -0.25) is 24.0 Å². The summed E-state index contributed by atoms with van der Waals surface area (Å²) in [6.07, 6.45) is 2.88. The number of aromatic nitrogens is 2. The molecule has 0 saturated heterocycles. The SMILES string of the molecule is CCOP(=O)(OCC)OCOn1c(-c2ccc(NC(=O)/C=C/c3ccc(F)cc3)cc2)nc2ccc([N+](=O)[O-])cc21. The van der Waals surface area contributed by atoms with Crippen LogP contribution >= 0.6 is 7.82 Å². The Morgan fingerprint density at radius 1 is 1.05 bits per heavy atom. The molecule has 0 saturated carbocycles. The third-order valence-corrected chi connectivity index (χ3v) is 7.05. The lowest BCUT2D eigenvalue weighted by Gasteiger charge is -2.17. The van der Waals surface area contributed by atoms with Gasteiger partial charge in [-0.25, -0.2) is 18.5 Å². The maximum Gasteiger partial charge on any atom is 0.477 e. The molecule has 3 aromatic carbocycles. The van der Waals surface area contributed by atoms with E-state index in [-0.39, 0.29) is 36.1 Å². The van der Waals surface area contributed by atoms with E-state index in [0.717, 1.165) is 0 Å². The summed E-state index contributed by atoms with van der Waals surface area (Å²) in [5, 5.41) is 14.1. The Morgan fingerprint density at radius 2 is 1.73 bits per heavy atom. The molecule has 0 atom stereocenters. The van der Waals surface area contributed by atoms with Gasteiger partial charge in [0, 0.05) is 29.5 Å². The zero-order valence-corrected chi connectivity index (χ0v) is 23.0. The Bertz CT molecular complexity index is 1600. The third kappa shape index (κ3) is 7.62. The van der Waals surface area contributed by atoms with Gasteiger partial charge in [0.2, 0.25) is 12.7 Å². The van der Waals surface area contributed by atoms with E-state index in [4.69, 9.17) is 18.4 Å². The molecule has 0 aliphatic carbocycles. The molecule has 0 unspecified atom stereocenters. The molecule has 0 aliphatic heterocycles. The van der Waals surface area contributed by atoms with E-state index in [1.165, 1.54) is 41.1 Å². The van der Waals surface area contributed by atoms with Crippen molar-refractivity contribution in [3.63, 3.8) is 0 Å². The smallest absolute Gasteiger partial charge is 0.382 e. The highest BCUT2D eigenvalue weighted by molar-refractivity contribution is 7.48. The van der Waals surface area contributed by atoms with Crippen molar-refractivity contribution in [1.82, 2.24) is 9.71 Å². The van der Waals surface area contributed by atoms with Crippen LogP contribution in [0.3, 0.4) is 0 Å². The lowest BCUT2D eigenvalue weighted by Crippen LogP contribution is -2.16. The summed E-state index contributed by atoms with van der Waals surface area (Å²) in [6.45, 7) is 2.84. The molecule has 0 bridgehead atoms. The zero-order chi connectivity index (χ0) is 29.4. The van der Waals surface area contributed by atoms with Gasteiger partial charge in [0.15, 0.2) is 5.82 Å². The lowest BCUT2D eigenvalue weighted by molar-refractivity contribution is -0.384. The summed E-state index contributed by atoms with van der Waals surface area (Å²) < 4.78 is 42.4. The maximum atomic E-state index is 13.1. The van der Waals surface area contributed by atoms with Gasteiger partial charge in [-0.2, -0.15) is 4.73 Å². The average Bonchev–Trinajstić information content (AvgIpc) is 3.31. The predicted molar refractivity (Wildman–Crippen MR) is 149 cm³/mol. The Labute approximate surface area is 234 Å². The van der Waals surface area contributed by atoms with E-state index in [1.807, 2.05) is 0 Å². The fraction of sp³-hybridized carbons (Fsp3) is 0.185. The minimum atomic E-state index is -3.89. The van der Waals surface area contributed by atoms with Gasteiger partial charge in [-0.15, -0.1) is 0 Å². The summed E-state index contributed by atoms with van der Waals surface area (Å²) in [6, 6.07) is 16.4. The van der Waals surface area contributed by atoms with Gasteiger partial charge in [0.25, 0.3) is 5.69 Å². The number of nitrogens with one attached hydrogen (secondary N) is 1. The third-order valence-electron chi connectivity index (χ3n) is 5.48. The fourth-order valence-electron chi connectivity index (χ4n) is 3.67. The van der Waals surface area contributed by atoms with Crippen LogP contribution in [-0.4, -0.2) is 40.6 Å². The molecule has 4 rings (SSSR count). The second kappa shape index (κ2) is 13.3. The quantitative estimate of drug-likeness (QED) is 0.0659. The number of halogens is 1. The minimum Gasteiger partial charge on any atom is -0.382 e. The topological polar surface area (TPSA) is 144 Å². The normalized spacial score (nSPS) is 11.7. The summed E-state index contributed by atoms with van der Waals surface area (Å²) in [5.41, 5.74) is 2.17.